The molecule has 1 amide bonds. The molecule has 3 aliphatic rings. The van der Waals surface area contributed by atoms with Gasteiger partial charge in [-0.2, -0.15) is 0 Å². The van der Waals surface area contributed by atoms with E-state index in [1.165, 1.54) is 17.7 Å². The molecule has 2 aromatic heterocycles. The summed E-state index contributed by atoms with van der Waals surface area (Å²) in [5.41, 5.74) is 2.70. The Morgan fingerprint density at radius 3 is 2.74 bits per heavy atom. The van der Waals surface area contributed by atoms with E-state index < -0.39 is 0 Å². The second-order valence-electron chi connectivity index (χ2n) is 9.96. The summed E-state index contributed by atoms with van der Waals surface area (Å²) in [6.07, 6.45) is 10.2. The van der Waals surface area contributed by atoms with Crippen molar-refractivity contribution in [2.45, 2.75) is 57.8 Å². The predicted molar refractivity (Wildman–Crippen MR) is 137 cm³/mol. The molecule has 0 bridgehead atoms. The number of carbonyl (C=O) groups excluding carboxylic acids is 2. The Kier molecular flexibility index (Phi) is 6.75. The summed E-state index contributed by atoms with van der Waals surface area (Å²) in [6, 6.07) is 0. The molecule has 3 aliphatic carbocycles. The van der Waals surface area contributed by atoms with Crippen LogP contribution in [0.3, 0.4) is 0 Å². The van der Waals surface area contributed by atoms with Gasteiger partial charge in [0.25, 0.3) is 11.8 Å². The number of aryl methyl sites for hydroxylation is 2. The second kappa shape index (κ2) is 9.77. The van der Waals surface area contributed by atoms with Crippen LogP contribution in [0, 0.1) is 17.8 Å². The second-order valence-corrected chi connectivity index (χ2v) is 11.6. The highest BCUT2D eigenvalue weighted by molar-refractivity contribution is 7.80. The molecule has 182 valence electrons. The van der Waals surface area contributed by atoms with Crippen LogP contribution in [0.1, 0.15) is 64.2 Å². The zero-order valence-electron chi connectivity index (χ0n) is 19.8. The van der Waals surface area contributed by atoms with Crippen molar-refractivity contribution < 1.29 is 14.3 Å². The first kappa shape index (κ1) is 23.5. The smallest absolute Gasteiger partial charge is 0.256 e. The van der Waals surface area contributed by atoms with Crippen LogP contribution in [0.5, 0.6) is 5.88 Å². The van der Waals surface area contributed by atoms with E-state index in [0.717, 1.165) is 71.7 Å². The van der Waals surface area contributed by atoms with E-state index in [9.17, 15) is 9.59 Å². The van der Waals surface area contributed by atoms with Crippen LogP contribution in [-0.2, 0) is 31.1 Å². The molecule has 2 N–H and O–H groups in total. The average molecular weight is 501 g/mol. The zero-order valence-corrected chi connectivity index (χ0v) is 21.4. The summed E-state index contributed by atoms with van der Waals surface area (Å²) in [5.74, 6) is 2.00. The van der Waals surface area contributed by atoms with Crippen molar-refractivity contribution in [1.82, 2.24) is 15.1 Å². The molecule has 0 radical (unpaired) electrons. The number of thiocarbonyl (C=S) groups is 1. The van der Waals surface area contributed by atoms with Crippen molar-refractivity contribution in [3.8, 4) is 5.88 Å². The average Bonchev–Trinajstić information content (AvgIpc) is 3.72. The molecule has 0 aliphatic heterocycles. The number of Topliss-reactive ketones (excluding diaryl/α,β-unsaturated/α-hetero) is 1. The summed E-state index contributed by atoms with van der Waals surface area (Å²) in [5, 5.41) is 10.7. The molecule has 34 heavy (non-hydrogen) atoms. The monoisotopic (exact) mass is 500 g/mol. The number of carbonyl (C=O) groups is 2. The fourth-order valence-electron chi connectivity index (χ4n) is 4.80. The zero-order chi connectivity index (χ0) is 23.8. The number of hydrogen-bond donors (Lipinski definition) is 2. The maximum Gasteiger partial charge on any atom is 0.256 e. The molecular formula is C25H32N4O3S2. The van der Waals surface area contributed by atoms with Crippen molar-refractivity contribution in [3.05, 3.63) is 27.1 Å². The van der Waals surface area contributed by atoms with E-state index in [0.29, 0.717) is 29.9 Å². The van der Waals surface area contributed by atoms with Crippen LogP contribution >= 0.6 is 23.6 Å². The number of nitrogens with one attached hydrogen (secondary N) is 2. The standard InChI is InChI=1S/C25H32N4O3S2/c1-29-13-18(25(28-29)32-2)27-22(33)10-15-5-8-20-17(9-15)23(24(31)26-12-14-3-4-14)21(34-20)11-19(30)16-6-7-16/h13-16H,3-12H2,1-2H3,(H,26,31)(H,27,33)/t15-/m0/s1. The Morgan fingerprint density at radius 2 is 2.03 bits per heavy atom. The third-order valence-corrected chi connectivity index (χ3v) is 8.58. The minimum Gasteiger partial charge on any atom is -0.478 e. The van der Waals surface area contributed by atoms with Crippen LogP contribution in [0.25, 0.3) is 0 Å². The number of methoxy groups -OCH3 is 1. The number of thiophene rings is 1. The maximum atomic E-state index is 13.3. The van der Waals surface area contributed by atoms with Gasteiger partial charge in [0.2, 0.25) is 0 Å². The summed E-state index contributed by atoms with van der Waals surface area (Å²) < 4.78 is 7.01. The third-order valence-electron chi connectivity index (χ3n) is 7.02. The van der Waals surface area contributed by atoms with Crippen molar-refractivity contribution >= 4 is 45.9 Å². The van der Waals surface area contributed by atoms with Crippen molar-refractivity contribution in [2.75, 3.05) is 19.0 Å². The van der Waals surface area contributed by atoms with Gasteiger partial charge in [0.05, 0.1) is 23.9 Å². The fraction of sp³-hybridized carbons (Fsp3) is 0.600. The highest BCUT2D eigenvalue weighted by Crippen LogP contribution is 2.40. The summed E-state index contributed by atoms with van der Waals surface area (Å²) in [4.78, 5) is 28.9. The number of ketones is 1. The van der Waals surface area contributed by atoms with Gasteiger partial charge < -0.3 is 15.4 Å². The minimum absolute atomic E-state index is 0.00412. The Hall–Kier alpha value is -2.26. The first-order valence-corrected chi connectivity index (χ1v) is 13.5. The lowest BCUT2D eigenvalue weighted by Crippen LogP contribution is -2.28. The highest BCUT2D eigenvalue weighted by Gasteiger charge is 2.34. The first-order chi connectivity index (χ1) is 16.4. The molecule has 2 heterocycles. The number of nitrogens with zero attached hydrogens (tertiary/aromatic N) is 2. The number of fused-ring (bicyclic) bond motifs is 1. The lowest BCUT2D eigenvalue weighted by atomic mass is 9.83. The molecule has 1 atom stereocenters. The maximum absolute atomic E-state index is 13.3. The molecule has 2 fully saturated rings. The highest BCUT2D eigenvalue weighted by atomic mass is 32.1. The number of hydrogen-bond acceptors (Lipinski definition) is 6. The lowest BCUT2D eigenvalue weighted by Gasteiger charge is -2.23. The quantitative estimate of drug-likeness (QED) is 0.478. The molecule has 0 saturated heterocycles. The van der Waals surface area contributed by atoms with Gasteiger partial charge in [-0.1, -0.05) is 12.2 Å². The Bertz CT molecular complexity index is 1110. The summed E-state index contributed by atoms with van der Waals surface area (Å²) in [6.45, 7) is 0.740. The first-order valence-electron chi connectivity index (χ1n) is 12.2. The van der Waals surface area contributed by atoms with Crippen LogP contribution in [0.4, 0.5) is 5.69 Å². The molecular weight excluding hydrogens is 468 g/mol. The van der Waals surface area contributed by atoms with E-state index in [-0.39, 0.29) is 11.8 Å². The fourth-order valence-corrected chi connectivity index (χ4v) is 6.50. The molecule has 5 rings (SSSR count). The number of aromatic nitrogens is 2. The van der Waals surface area contributed by atoms with Gasteiger partial charge >= 0.3 is 0 Å². The Labute approximate surface area is 209 Å². The normalized spacial score (nSPS) is 19.4. The van der Waals surface area contributed by atoms with Crippen LogP contribution in [0.2, 0.25) is 0 Å². The van der Waals surface area contributed by atoms with Gasteiger partial charge in [0, 0.05) is 42.1 Å². The van der Waals surface area contributed by atoms with Gasteiger partial charge in [-0.25, -0.2) is 0 Å². The summed E-state index contributed by atoms with van der Waals surface area (Å²) in [7, 11) is 3.44. The molecule has 2 saturated carbocycles. The van der Waals surface area contributed by atoms with Crippen LogP contribution in [0.15, 0.2) is 6.20 Å². The van der Waals surface area contributed by atoms with Gasteiger partial charge in [0.1, 0.15) is 11.5 Å². The minimum atomic E-state index is 0.00412. The summed E-state index contributed by atoms with van der Waals surface area (Å²) >= 11 is 7.35. The molecule has 7 nitrogen and oxygen atoms in total. The SMILES string of the molecule is COc1nn(C)cc1NC(=S)C[C@H]1CCc2sc(CC(=O)C3CC3)c(C(=O)NCC3CC3)c2C1. The topological polar surface area (TPSA) is 85.2 Å². The van der Waals surface area contributed by atoms with Gasteiger partial charge in [-0.05, 0) is 62.3 Å². The van der Waals surface area contributed by atoms with E-state index in [2.05, 4.69) is 15.7 Å². The van der Waals surface area contributed by atoms with Gasteiger partial charge in [-0.3, -0.25) is 14.3 Å². The number of rotatable bonds is 10. The van der Waals surface area contributed by atoms with E-state index in [4.69, 9.17) is 17.0 Å². The van der Waals surface area contributed by atoms with Gasteiger partial charge in [0.15, 0.2) is 0 Å². The number of amides is 1. The van der Waals surface area contributed by atoms with E-state index in [1.807, 2.05) is 13.2 Å². The van der Waals surface area contributed by atoms with E-state index in [1.54, 1.807) is 23.1 Å². The lowest BCUT2D eigenvalue weighted by molar-refractivity contribution is -0.119. The molecule has 9 heteroatoms. The predicted octanol–water partition coefficient (Wildman–Crippen LogP) is 4.09. The van der Waals surface area contributed by atoms with Crippen molar-refractivity contribution in [2.24, 2.45) is 24.8 Å². The van der Waals surface area contributed by atoms with Gasteiger partial charge in [-0.15, -0.1) is 16.4 Å². The molecule has 2 aromatic rings. The van der Waals surface area contributed by atoms with Crippen molar-refractivity contribution in [3.63, 3.8) is 0 Å². The Morgan fingerprint density at radius 1 is 1.24 bits per heavy atom. The third kappa shape index (κ3) is 5.35. The van der Waals surface area contributed by atoms with Crippen molar-refractivity contribution in [1.29, 1.82) is 0 Å². The molecule has 0 aromatic carbocycles. The largest absolute Gasteiger partial charge is 0.478 e. The number of ether oxygens (including phenoxy) is 1. The van der Waals surface area contributed by atoms with E-state index >= 15 is 0 Å². The number of anilines is 1. The van der Waals surface area contributed by atoms with Crippen LogP contribution < -0.4 is 15.4 Å². The Balaban J connectivity index is 1.30. The molecule has 0 unspecified atom stereocenters. The van der Waals surface area contributed by atoms with Crippen LogP contribution in [-0.4, -0.2) is 40.1 Å². The molecule has 0 spiro atoms.